The third-order valence-electron chi connectivity index (χ3n) is 6.46. The third-order valence-corrected chi connectivity index (χ3v) is 6.46. The fraction of sp³-hybridized carbons (Fsp3) is 0.758. The van der Waals surface area contributed by atoms with Crippen molar-refractivity contribution in [3.8, 4) is 0 Å². The second-order valence-corrected chi connectivity index (χ2v) is 10.8. The van der Waals surface area contributed by atoms with Crippen LogP contribution in [0.2, 0.25) is 0 Å². The van der Waals surface area contributed by atoms with Crippen molar-refractivity contribution in [1.29, 1.82) is 0 Å². The molecule has 0 saturated carbocycles. The van der Waals surface area contributed by atoms with Gasteiger partial charge in [0.15, 0.2) is 6.10 Å². The highest BCUT2D eigenvalue weighted by Gasteiger charge is 2.16. The lowest BCUT2D eigenvalue weighted by atomic mass is 10.0. The van der Waals surface area contributed by atoms with E-state index >= 15 is 0 Å². The van der Waals surface area contributed by atoms with Gasteiger partial charge in [-0.2, -0.15) is 0 Å². The zero-order valence-electron chi connectivity index (χ0n) is 25.2. The first-order valence-electron chi connectivity index (χ1n) is 15.5. The van der Waals surface area contributed by atoms with Crippen molar-refractivity contribution >= 4 is 11.9 Å². The quantitative estimate of drug-likeness (QED) is 0.0494. The largest absolute Gasteiger partial charge is 0.462 e. The van der Waals surface area contributed by atoms with Crippen molar-refractivity contribution in [3.63, 3.8) is 0 Å². The van der Waals surface area contributed by atoms with Crippen LogP contribution < -0.4 is 0 Å². The Morgan fingerprint density at radius 3 is 2.03 bits per heavy atom. The molecule has 0 fully saturated rings. The van der Waals surface area contributed by atoms with Gasteiger partial charge in [-0.1, -0.05) is 115 Å². The maximum absolute atomic E-state index is 12.0. The summed E-state index contributed by atoms with van der Waals surface area (Å²) in [5.74, 6) is 0.110. The topological polar surface area (TPSA) is 93.1 Å². The Kier molecular flexibility index (Phi) is 26.3. The minimum Gasteiger partial charge on any atom is -0.462 e. The van der Waals surface area contributed by atoms with Crippen molar-refractivity contribution in [3.05, 3.63) is 36.5 Å². The van der Waals surface area contributed by atoms with Gasteiger partial charge in [0.2, 0.25) is 0 Å². The standard InChI is InChI=1S/C33H58O6/c1-4-5-17-23-30(35)24-19-14-9-7-6-8-10-15-20-25-32(36)38-28-31(27-34)39-33(37)26-21-16-12-11-13-18-22-29(2)3/h5,9,14,17,19,24,29-31,34-35H,4,6-8,10-13,15-16,18,20-23,25-28H2,1-3H3/b14-9+,17-5+,24-19+/t30?,31-/m0/s1. The first kappa shape index (κ1) is 37.1. The van der Waals surface area contributed by atoms with Crippen molar-refractivity contribution in [1.82, 2.24) is 0 Å². The zero-order chi connectivity index (χ0) is 29.0. The van der Waals surface area contributed by atoms with Crippen molar-refractivity contribution < 1.29 is 29.3 Å². The zero-order valence-corrected chi connectivity index (χ0v) is 25.2. The van der Waals surface area contributed by atoms with Crippen LogP contribution in [0, 0.1) is 5.92 Å². The molecule has 39 heavy (non-hydrogen) atoms. The second-order valence-electron chi connectivity index (χ2n) is 10.8. The average molecular weight is 551 g/mol. The van der Waals surface area contributed by atoms with Gasteiger partial charge < -0.3 is 19.7 Å². The fourth-order valence-electron chi connectivity index (χ4n) is 4.07. The van der Waals surface area contributed by atoms with Gasteiger partial charge in [0.25, 0.3) is 0 Å². The van der Waals surface area contributed by atoms with E-state index in [1.165, 1.54) is 25.7 Å². The molecular weight excluding hydrogens is 492 g/mol. The summed E-state index contributed by atoms with van der Waals surface area (Å²) < 4.78 is 10.5. The molecule has 0 amide bonds. The molecular formula is C33H58O6. The lowest BCUT2D eigenvalue weighted by Gasteiger charge is -2.15. The van der Waals surface area contributed by atoms with Crippen LogP contribution in [0.5, 0.6) is 0 Å². The molecule has 0 aromatic carbocycles. The molecule has 0 radical (unpaired) electrons. The van der Waals surface area contributed by atoms with Gasteiger partial charge in [0, 0.05) is 12.8 Å². The molecule has 1 unspecified atom stereocenters. The summed E-state index contributed by atoms with van der Waals surface area (Å²) in [5, 5.41) is 19.2. The Hall–Kier alpha value is -1.92. The molecule has 0 heterocycles. The molecule has 2 atom stereocenters. The number of allylic oxidation sites excluding steroid dienone is 4. The van der Waals surface area contributed by atoms with E-state index in [0.29, 0.717) is 19.3 Å². The van der Waals surface area contributed by atoms with Crippen molar-refractivity contribution in [2.24, 2.45) is 5.92 Å². The van der Waals surface area contributed by atoms with E-state index in [1.54, 1.807) is 6.08 Å². The number of rotatable bonds is 26. The number of hydrogen-bond donors (Lipinski definition) is 2. The molecule has 0 aromatic heterocycles. The Morgan fingerprint density at radius 2 is 1.38 bits per heavy atom. The monoisotopic (exact) mass is 550 g/mol. The predicted octanol–water partition coefficient (Wildman–Crippen LogP) is 7.77. The molecule has 0 spiro atoms. The predicted molar refractivity (Wildman–Crippen MR) is 160 cm³/mol. The maximum Gasteiger partial charge on any atom is 0.306 e. The summed E-state index contributed by atoms with van der Waals surface area (Å²) in [6, 6.07) is 0. The minimum atomic E-state index is -0.790. The van der Waals surface area contributed by atoms with Crippen LogP contribution in [0.15, 0.2) is 36.5 Å². The number of carbonyl (C=O) groups is 2. The molecule has 0 aliphatic carbocycles. The van der Waals surface area contributed by atoms with Gasteiger partial charge >= 0.3 is 11.9 Å². The summed E-state index contributed by atoms with van der Waals surface area (Å²) in [4.78, 5) is 24.0. The Bertz CT molecular complexity index is 667. The highest BCUT2D eigenvalue weighted by atomic mass is 16.6. The summed E-state index contributed by atoms with van der Waals surface area (Å²) in [6.07, 6.45) is 26.9. The lowest BCUT2D eigenvalue weighted by Crippen LogP contribution is -2.28. The normalized spacial score (nSPS) is 13.6. The van der Waals surface area contributed by atoms with Crippen LogP contribution in [-0.2, 0) is 19.1 Å². The number of aliphatic hydroxyl groups is 2. The first-order chi connectivity index (χ1) is 18.9. The number of esters is 2. The molecule has 226 valence electrons. The van der Waals surface area contributed by atoms with Gasteiger partial charge in [-0.05, 0) is 44.4 Å². The average Bonchev–Trinajstić information content (AvgIpc) is 2.91. The van der Waals surface area contributed by atoms with E-state index in [4.69, 9.17) is 9.47 Å². The molecule has 0 aliphatic heterocycles. The first-order valence-corrected chi connectivity index (χ1v) is 15.5. The van der Waals surface area contributed by atoms with E-state index in [0.717, 1.165) is 70.1 Å². The van der Waals surface area contributed by atoms with E-state index in [2.05, 4.69) is 32.9 Å². The van der Waals surface area contributed by atoms with Gasteiger partial charge in [0.1, 0.15) is 6.61 Å². The van der Waals surface area contributed by atoms with Crippen molar-refractivity contribution in [2.45, 2.75) is 142 Å². The number of hydrogen-bond acceptors (Lipinski definition) is 6. The molecule has 6 nitrogen and oxygen atoms in total. The maximum atomic E-state index is 12.0. The van der Waals surface area contributed by atoms with E-state index in [-0.39, 0.29) is 25.2 Å². The van der Waals surface area contributed by atoms with Crippen molar-refractivity contribution in [2.75, 3.05) is 13.2 Å². The summed E-state index contributed by atoms with van der Waals surface area (Å²) in [5.41, 5.74) is 0. The van der Waals surface area contributed by atoms with E-state index in [9.17, 15) is 19.8 Å². The number of carbonyl (C=O) groups excluding carboxylic acids is 2. The van der Waals surface area contributed by atoms with Crippen LogP contribution in [-0.4, -0.2) is 47.6 Å². The van der Waals surface area contributed by atoms with Gasteiger partial charge in [-0.15, -0.1) is 0 Å². The molecule has 0 aliphatic rings. The van der Waals surface area contributed by atoms with Crippen LogP contribution in [0.1, 0.15) is 130 Å². The molecule has 0 aromatic rings. The summed E-state index contributed by atoms with van der Waals surface area (Å²) in [7, 11) is 0. The fourth-order valence-corrected chi connectivity index (χ4v) is 4.07. The third kappa shape index (κ3) is 27.4. The minimum absolute atomic E-state index is 0.0931. The smallest absolute Gasteiger partial charge is 0.306 e. The highest BCUT2D eigenvalue weighted by molar-refractivity contribution is 5.70. The number of aliphatic hydroxyl groups excluding tert-OH is 2. The Balaban J connectivity index is 3.71. The van der Waals surface area contributed by atoms with Crippen LogP contribution in [0.25, 0.3) is 0 Å². The van der Waals surface area contributed by atoms with Gasteiger partial charge in [-0.25, -0.2) is 0 Å². The van der Waals surface area contributed by atoms with Gasteiger partial charge in [-0.3, -0.25) is 9.59 Å². The number of ether oxygens (including phenoxy) is 2. The molecule has 0 saturated heterocycles. The highest BCUT2D eigenvalue weighted by Crippen LogP contribution is 2.13. The molecule has 2 N–H and O–H groups in total. The van der Waals surface area contributed by atoms with Crippen LogP contribution in [0.3, 0.4) is 0 Å². The van der Waals surface area contributed by atoms with Gasteiger partial charge in [0.05, 0.1) is 12.7 Å². The Morgan fingerprint density at radius 1 is 0.769 bits per heavy atom. The van der Waals surface area contributed by atoms with E-state index < -0.39 is 12.2 Å². The SMILES string of the molecule is CC/C=C/CC(O)/C=C/C=C/CCCCCCCC(=O)OC[C@H](CO)OC(=O)CCCCCCCCC(C)C. The van der Waals surface area contributed by atoms with Crippen LogP contribution in [0.4, 0.5) is 0 Å². The molecule has 0 rings (SSSR count). The summed E-state index contributed by atoms with van der Waals surface area (Å²) in [6.45, 7) is 6.13. The summed E-state index contributed by atoms with van der Waals surface area (Å²) >= 11 is 0. The molecule has 0 bridgehead atoms. The second kappa shape index (κ2) is 27.6. The van der Waals surface area contributed by atoms with Crippen LogP contribution >= 0.6 is 0 Å². The van der Waals surface area contributed by atoms with E-state index in [1.807, 2.05) is 18.2 Å². The lowest BCUT2D eigenvalue weighted by molar-refractivity contribution is -0.161. The number of unbranched alkanes of at least 4 members (excludes halogenated alkanes) is 10. The molecule has 6 heteroatoms. The Labute approximate surface area is 238 Å².